The average Bonchev–Trinajstić information content (AvgIpc) is 3.22. The van der Waals surface area contributed by atoms with Crippen LogP contribution in [0.5, 0.6) is 0 Å². The molecule has 2 fully saturated rings. The van der Waals surface area contributed by atoms with Gasteiger partial charge in [0.1, 0.15) is 12.4 Å². The quantitative estimate of drug-likeness (QED) is 0.517. The van der Waals surface area contributed by atoms with Gasteiger partial charge in [0.15, 0.2) is 0 Å². The molecule has 0 bridgehead atoms. The van der Waals surface area contributed by atoms with Crippen LogP contribution in [-0.4, -0.2) is 51.9 Å². The molecule has 188 valence electrons. The minimum atomic E-state index is -0.411. The van der Waals surface area contributed by atoms with Crippen molar-refractivity contribution >= 4 is 35.4 Å². The van der Waals surface area contributed by atoms with Crippen molar-refractivity contribution in [2.45, 2.75) is 70.7 Å². The molecular weight excluding hydrogens is 470 g/mol. The number of carbonyl (C=O) groups is 2. The van der Waals surface area contributed by atoms with Crippen LogP contribution < -0.4 is 15.5 Å². The van der Waals surface area contributed by atoms with Gasteiger partial charge in [0.05, 0.1) is 28.8 Å². The van der Waals surface area contributed by atoms with E-state index in [1.165, 1.54) is 0 Å². The molecule has 9 nitrogen and oxygen atoms in total. The molecule has 1 aromatic carbocycles. The molecule has 1 saturated heterocycles. The fourth-order valence-electron chi connectivity index (χ4n) is 4.49. The number of nitrogens with one attached hydrogen (secondary N) is 2. The molecule has 10 heteroatoms. The molecule has 2 aromatic rings. The first-order valence-electron chi connectivity index (χ1n) is 12.1. The summed E-state index contributed by atoms with van der Waals surface area (Å²) in [7, 11) is 0. The van der Waals surface area contributed by atoms with Crippen LogP contribution in [0.15, 0.2) is 30.5 Å². The Balaban J connectivity index is 1.42. The molecule has 2 amide bonds. The van der Waals surface area contributed by atoms with E-state index in [1.807, 2.05) is 26.8 Å². The first-order valence-corrected chi connectivity index (χ1v) is 12.4. The van der Waals surface area contributed by atoms with E-state index >= 15 is 0 Å². The summed E-state index contributed by atoms with van der Waals surface area (Å²) >= 11 is 6.47. The molecular formula is C25H32ClN5O4. The Kier molecular flexibility index (Phi) is 7.76. The molecule has 4 rings (SSSR count). The van der Waals surface area contributed by atoms with Crippen molar-refractivity contribution in [3.63, 3.8) is 0 Å². The van der Waals surface area contributed by atoms with E-state index in [0.29, 0.717) is 41.8 Å². The van der Waals surface area contributed by atoms with Gasteiger partial charge in [-0.15, -0.1) is 0 Å². The van der Waals surface area contributed by atoms with Crippen LogP contribution >= 0.6 is 11.6 Å². The second-order valence-corrected chi connectivity index (χ2v) is 9.99. The van der Waals surface area contributed by atoms with Crippen molar-refractivity contribution < 1.29 is 19.4 Å². The highest BCUT2D eigenvalue weighted by molar-refractivity contribution is 6.33. The number of cyclic esters (lactones) is 1. The normalized spacial score (nSPS) is 23.2. The van der Waals surface area contributed by atoms with E-state index in [1.54, 1.807) is 29.3 Å². The van der Waals surface area contributed by atoms with Crippen molar-refractivity contribution in [3.05, 3.63) is 46.6 Å². The van der Waals surface area contributed by atoms with Gasteiger partial charge < -0.3 is 20.5 Å². The molecule has 1 aliphatic heterocycles. The Morgan fingerprint density at radius 3 is 2.63 bits per heavy atom. The zero-order valence-corrected chi connectivity index (χ0v) is 21.0. The maximum Gasteiger partial charge on any atom is 0.415 e. The van der Waals surface area contributed by atoms with Crippen LogP contribution in [0.2, 0.25) is 5.02 Å². The lowest BCUT2D eigenvalue weighted by Crippen LogP contribution is -2.38. The van der Waals surface area contributed by atoms with Crippen LogP contribution in [0.1, 0.15) is 68.4 Å². The number of hydrogen-bond donors (Lipinski definition) is 3. The summed E-state index contributed by atoms with van der Waals surface area (Å²) in [6.45, 7) is 6.35. The molecule has 2 heterocycles. The number of aromatic nitrogens is 2. The highest BCUT2D eigenvalue weighted by Crippen LogP contribution is 2.28. The molecule has 2 aliphatic rings. The number of aliphatic hydroxyl groups is 1. The number of aliphatic hydroxyl groups excluding tert-OH is 1. The molecule has 1 aliphatic carbocycles. The predicted molar refractivity (Wildman–Crippen MR) is 134 cm³/mol. The predicted octanol–water partition coefficient (Wildman–Crippen LogP) is 4.32. The second kappa shape index (κ2) is 10.8. The number of nitrogens with zero attached hydrogens (tertiary/aromatic N) is 3. The van der Waals surface area contributed by atoms with E-state index in [0.717, 1.165) is 18.4 Å². The minimum Gasteiger partial charge on any atom is -0.447 e. The number of ether oxygens (including phenoxy) is 1. The fraction of sp³-hybridized carbons (Fsp3) is 0.520. The topological polar surface area (TPSA) is 117 Å². The number of carbonyl (C=O) groups excluding carboxylic acids is 2. The molecule has 0 radical (unpaired) electrons. The lowest BCUT2D eigenvalue weighted by molar-refractivity contribution is 0.0867. The summed E-state index contributed by atoms with van der Waals surface area (Å²) in [5.41, 5.74) is 1.28. The fourth-order valence-corrected chi connectivity index (χ4v) is 4.76. The lowest BCUT2D eigenvalue weighted by Gasteiger charge is -2.26. The number of halogens is 1. The van der Waals surface area contributed by atoms with Crippen LogP contribution in [-0.2, 0) is 4.74 Å². The van der Waals surface area contributed by atoms with E-state index in [-0.39, 0.29) is 36.1 Å². The summed E-state index contributed by atoms with van der Waals surface area (Å²) in [5, 5.41) is 16.3. The third-order valence-corrected chi connectivity index (χ3v) is 6.99. The molecule has 0 spiro atoms. The summed E-state index contributed by atoms with van der Waals surface area (Å²) in [6.07, 6.45) is 3.83. The Morgan fingerprint density at radius 2 is 1.94 bits per heavy atom. The number of anilines is 2. The highest BCUT2D eigenvalue weighted by atomic mass is 35.5. The second-order valence-electron chi connectivity index (χ2n) is 9.58. The van der Waals surface area contributed by atoms with Crippen LogP contribution in [0.4, 0.5) is 16.6 Å². The van der Waals surface area contributed by atoms with Gasteiger partial charge in [-0.25, -0.2) is 9.78 Å². The third-order valence-electron chi connectivity index (χ3n) is 6.68. The van der Waals surface area contributed by atoms with E-state index in [2.05, 4.69) is 20.6 Å². The maximum atomic E-state index is 12.7. The molecule has 35 heavy (non-hydrogen) atoms. The van der Waals surface area contributed by atoms with Gasteiger partial charge in [0.25, 0.3) is 5.91 Å². The zero-order valence-electron chi connectivity index (χ0n) is 20.2. The minimum absolute atomic E-state index is 0.0508. The average molecular weight is 502 g/mol. The molecule has 3 N–H and O–H groups in total. The van der Waals surface area contributed by atoms with E-state index in [4.69, 9.17) is 16.3 Å². The van der Waals surface area contributed by atoms with Gasteiger partial charge in [-0.3, -0.25) is 9.69 Å². The maximum absolute atomic E-state index is 12.7. The van der Waals surface area contributed by atoms with Crippen molar-refractivity contribution in [1.82, 2.24) is 15.3 Å². The SMILES string of the molecule is CC(C)[C@H]1COC(=O)N1c1ccnc(N[C@@H](C)c2ccc(C(=O)NC3CCC(O)CC3)c(Cl)c2)n1. The van der Waals surface area contributed by atoms with Crippen LogP contribution in [0, 0.1) is 5.92 Å². The highest BCUT2D eigenvalue weighted by Gasteiger charge is 2.37. The Morgan fingerprint density at radius 1 is 1.20 bits per heavy atom. The number of rotatable bonds is 7. The first kappa shape index (κ1) is 25.2. The Bertz CT molecular complexity index is 1070. The standard InChI is InChI=1S/C25H32ClN5O4/c1-14(2)21-13-35-25(34)31(21)22-10-11-27-24(30-22)28-15(3)16-4-9-19(20(26)12-16)23(33)29-17-5-7-18(32)8-6-17/h4,9-12,14-15,17-18,21,32H,5-8,13H2,1-3H3,(H,29,33)(H,27,28,30)/t15-,17?,18?,21+/m0/s1. The lowest BCUT2D eigenvalue weighted by atomic mass is 9.93. The van der Waals surface area contributed by atoms with Gasteiger partial charge >= 0.3 is 6.09 Å². The summed E-state index contributed by atoms with van der Waals surface area (Å²) in [6, 6.07) is 6.78. The summed E-state index contributed by atoms with van der Waals surface area (Å²) in [4.78, 5) is 35.4. The van der Waals surface area contributed by atoms with Gasteiger partial charge in [0.2, 0.25) is 5.95 Å². The number of hydrogen-bond acceptors (Lipinski definition) is 7. The molecule has 2 atom stereocenters. The summed E-state index contributed by atoms with van der Waals surface area (Å²) in [5.74, 6) is 0.858. The van der Waals surface area contributed by atoms with Crippen molar-refractivity contribution in [2.75, 3.05) is 16.8 Å². The van der Waals surface area contributed by atoms with Gasteiger partial charge in [-0.2, -0.15) is 4.98 Å². The third kappa shape index (κ3) is 5.85. The van der Waals surface area contributed by atoms with Crippen LogP contribution in [0.25, 0.3) is 0 Å². The van der Waals surface area contributed by atoms with Gasteiger partial charge in [-0.05, 0) is 62.3 Å². The first-order chi connectivity index (χ1) is 16.7. The Labute approximate surface area is 210 Å². The number of amides is 2. The van der Waals surface area contributed by atoms with E-state index in [9.17, 15) is 14.7 Å². The van der Waals surface area contributed by atoms with Crippen LogP contribution in [0.3, 0.4) is 0 Å². The van der Waals surface area contributed by atoms with Crippen molar-refractivity contribution in [2.24, 2.45) is 5.92 Å². The largest absolute Gasteiger partial charge is 0.447 e. The number of benzene rings is 1. The zero-order chi connectivity index (χ0) is 25.1. The summed E-state index contributed by atoms with van der Waals surface area (Å²) < 4.78 is 5.23. The smallest absolute Gasteiger partial charge is 0.415 e. The monoisotopic (exact) mass is 501 g/mol. The van der Waals surface area contributed by atoms with Crippen molar-refractivity contribution in [1.29, 1.82) is 0 Å². The molecule has 0 unspecified atom stereocenters. The van der Waals surface area contributed by atoms with Gasteiger partial charge in [0, 0.05) is 12.2 Å². The molecule has 1 aromatic heterocycles. The van der Waals surface area contributed by atoms with E-state index < -0.39 is 6.09 Å². The van der Waals surface area contributed by atoms with Gasteiger partial charge in [-0.1, -0.05) is 31.5 Å². The van der Waals surface area contributed by atoms with Crippen molar-refractivity contribution in [3.8, 4) is 0 Å². The Hall–Kier alpha value is -2.91. The molecule has 1 saturated carbocycles.